The molecule has 0 fully saturated rings. The summed E-state index contributed by atoms with van der Waals surface area (Å²) in [5.74, 6) is 0.343. The maximum atomic E-state index is 11.5. The number of nitrogens with two attached hydrogens (primary N) is 2. The minimum Gasteiger partial charge on any atom is -0.465 e. The predicted molar refractivity (Wildman–Crippen MR) is 89.9 cm³/mol. The number of rotatable bonds is 7. The van der Waals surface area contributed by atoms with Crippen molar-refractivity contribution in [1.29, 1.82) is 0 Å². The molecule has 0 amide bonds. The van der Waals surface area contributed by atoms with Gasteiger partial charge in [-0.25, -0.2) is 0 Å². The first-order chi connectivity index (χ1) is 10.6. The van der Waals surface area contributed by atoms with Crippen molar-refractivity contribution < 1.29 is 14.3 Å². The summed E-state index contributed by atoms with van der Waals surface area (Å²) in [6.45, 7) is 6.11. The van der Waals surface area contributed by atoms with E-state index in [9.17, 15) is 4.79 Å². The number of carbonyl (C=O) groups is 1. The van der Waals surface area contributed by atoms with Crippen molar-refractivity contribution in [3.05, 3.63) is 0 Å². The number of amidine groups is 1. The highest BCUT2D eigenvalue weighted by atomic mass is 16.5. The molecule has 0 aromatic carbocycles. The van der Waals surface area contributed by atoms with Gasteiger partial charge < -0.3 is 20.9 Å². The Morgan fingerprint density at radius 2 is 2.09 bits per heavy atom. The van der Waals surface area contributed by atoms with Crippen LogP contribution in [0.3, 0.4) is 0 Å². The molecule has 0 saturated carbocycles. The number of ether oxygens (including phenoxy) is 2. The Hall–Kier alpha value is -1.14. The monoisotopic (exact) mass is 315 g/mol. The average Bonchev–Trinajstić information content (AvgIpc) is 2.72. The van der Waals surface area contributed by atoms with Crippen LogP contribution in [0.15, 0.2) is 4.99 Å². The fourth-order valence-electron chi connectivity index (χ4n) is 2.44. The number of hydrogen-bond acceptors (Lipinski definition) is 6. The van der Waals surface area contributed by atoms with Crippen LogP contribution in [-0.2, 0) is 14.3 Å². The second kappa shape index (κ2) is 12.4. The van der Waals surface area contributed by atoms with Crippen LogP contribution in [0.5, 0.6) is 0 Å². The first-order valence-corrected chi connectivity index (χ1v) is 8.34. The van der Waals surface area contributed by atoms with Crippen LogP contribution >= 0.6 is 0 Å². The molecular formula is C16H33N3O3. The summed E-state index contributed by atoms with van der Waals surface area (Å²) in [6, 6.07) is -0.483. The van der Waals surface area contributed by atoms with Gasteiger partial charge in [0.2, 0.25) is 0 Å². The minimum absolute atomic E-state index is 0.103. The zero-order chi connectivity index (χ0) is 17.0. The topological polar surface area (TPSA) is 99.9 Å². The van der Waals surface area contributed by atoms with Crippen molar-refractivity contribution in [1.82, 2.24) is 0 Å². The van der Waals surface area contributed by atoms with Gasteiger partial charge in [0, 0.05) is 13.5 Å². The molecule has 0 aromatic heterocycles. The van der Waals surface area contributed by atoms with E-state index >= 15 is 0 Å². The number of esters is 1. The lowest BCUT2D eigenvalue weighted by Gasteiger charge is -2.22. The smallest absolute Gasteiger partial charge is 0.322 e. The molecular weight excluding hydrogens is 282 g/mol. The minimum atomic E-state index is -0.646. The summed E-state index contributed by atoms with van der Waals surface area (Å²) in [5, 5.41) is 0. The van der Waals surface area contributed by atoms with Crippen LogP contribution in [0.2, 0.25) is 0 Å². The molecule has 0 aromatic rings. The van der Waals surface area contributed by atoms with Gasteiger partial charge in [-0.3, -0.25) is 9.79 Å². The van der Waals surface area contributed by atoms with E-state index in [0.29, 0.717) is 13.0 Å². The molecule has 0 saturated heterocycles. The molecule has 4 N–H and O–H groups in total. The number of nitrogens with zero attached hydrogens (tertiary/aromatic N) is 1. The fourth-order valence-corrected chi connectivity index (χ4v) is 2.44. The largest absolute Gasteiger partial charge is 0.465 e. The van der Waals surface area contributed by atoms with Crippen molar-refractivity contribution in [2.45, 2.75) is 77.5 Å². The molecule has 130 valence electrons. The summed E-state index contributed by atoms with van der Waals surface area (Å²) in [5.41, 5.74) is 11.7. The van der Waals surface area contributed by atoms with Crippen LogP contribution < -0.4 is 11.5 Å². The highest BCUT2D eigenvalue weighted by Crippen LogP contribution is 2.19. The molecule has 1 rings (SSSR count). The first kappa shape index (κ1) is 20.9. The molecule has 0 spiro atoms. The Balaban J connectivity index is 0.00000211. The van der Waals surface area contributed by atoms with E-state index in [-0.39, 0.29) is 18.1 Å². The number of methoxy groups -OCH3 is 1. The summed E-state index contributed by atoms with van der Waals surface area (Å²) in [4.78, 5) is 16.1. The molecule has 0 aliphatic carbocycles. The van der Waals surface area contributed by atoms with E-state index in [1.54, 1.807) is 14.0 Å². The summed E-state index contributed by atoms with van der Waals surface area (Å²) < 4.78 is 10.3. The highest BCUT2D eigenvalue weighted by Gasteiger charge is 2.23. The van der Waals surface area contributed by atoms with Crippen molar-refractivity contribution in [3.63, 3.8) is 0 Å². The molecule has 3 unspecified atom stereocenters. The predicted octanol–water partition coefficient (Wildman–Crippen LogP) is 2.00. The molecule has 3 atom stereocenters. The van der Waals surface area contributed by atoms with Gasteiger partial charge in [-0.2, -0.15) is 0 Å². The van der Waals surface area contributed by atoms with Crippen molar-refractivity contribution in [2.24, 2.45) is 16.5 Å². The molecule has 1 heterocycles. The third-order valence-corrected chi connectivity index (χ3v) is 3.54. The average molecular weight is 315 g/mol. The quantitative estimate of drug-likeness (QED) is 0.700. The van der Waals surface area contributed by atoms with Gasteiger partial charge in [0.15, 0.2) is 0 Å². The van der Waals surface area contributed by atoms with E-state index < -0.39 is 6.04 Å². The third kappa shape index (κ3) is 8.34. The van der Waals surface area contributed by atoms with Gasteiger partial charge in [0.05, 0.1) is 24.6 Å². The third-order valence-electron chi connectivity index (χ3n) is 3.54. The Kier molecular flexibility index (Phi) is 11.8. The van der Waals surface area contributed by atoms with Crippen molar-refractivity contribution in [2.75, 3.05) is 13.7 Å². The standard InChI is InChI=1S/C14H27N3O3.C2H6/c1-3-20-14(18)12(15)9-11(19-2)8-10-6-4-5-7-13(16)17-10;1-2/h10-12H,3-9,15H2,1-2H3,(H2,16,17);1-2H3. The molecule has 0 bridgehead atoms. The Morgan fingerprint density at radius 3 is 2.68 bits per heavy atom. The SMILES string of the molecule is CC.CCOC(=O)C(N)CC(CC1CCCCC(N)=N1)OC. The number of aliphatic imine (C=N–C) groups is 1. The Morgan fingerprint density at radius 1 is 1.41 bits per heavy atom. The highest BCUT2D eigenvalue weighted by molar-refractivity contribution is 5.80. The number of carbonyl (C=O) groups excluding carboxylic acids is 1. The molecule has 22 heavy (non-hydrogen) atoms. The van der Waals surface area contributed by atoms with E-state index in [1.807, 2.05) is 13.8 Å². The fraction of sp³-hybridized carbons (Fsp3) is 0.875. The summed E-state index contributed by atoms with van der Waals surface area (Å²) in [7, 11) is 1.63. The lowest BCUT2D eigenvalue weighted by Crippen LogP contribution is -2.37. The van der Waals surface area contributed by atoms with Crippen LogP contribution in [0.4, 0.5) is 0 Å². The van der Waals surface area contributed by atoms with Gasteiger partial charge in [-0.15, -0.1) is 0 Å². The molecule has 6 heteroatoms. The van der Waals surface area contributed by atoms with E-state index in [2.05, 4.69) is 4.99 Å². The van der Waals surface area contributed by atoms with Crippen LogP contribution in [0, 0.1) is 0 Å². The zero-order valence-corrected chi connectivity index (χ0v) is 14.5. The normalized spacial score (nSPS) is 20.8. The Bertz CT molecular complexity index is 335. The molecule has 6 nitrogen and oxygen atoms in total. The molecule has 1 aliphatic rings. The second-order valence-corrected chi connectivity index (χ2v) is 5.21. The van der Waals surface area contributed by atoms with E-state index in [0.717, 1.165) is 37.9 Å². The van der Waals surface area contributed by atoms with Crippen LogP contribution in [0.1, 0.15) is 59.3 Å². The summed E-state index contributed by atoms with van der Waals surface area (Å²) >= 11 is 0. The van der Waals surface area contributed by atoms with Gasteiger partial charge >= 0.3 is 5.97 Å². The van der Waals surface area contributed by atoms with E-state index in [4.69, 9.17) is 20.9 Å². The van der Waals surface area contributed by atoms with Crippen molar-refractivity contribution >= 4 is 11.8 Å². The summed E-state index contributed by atoms with van der Waals surface area (Å²) in [6.07, 6.45) is 5.17. The van der Waals surface area contributed by atoms with Gasteiger partial charge in [0.25, 0.3) is 0 Å². The van der Waals surface area contributed by atoms with Gasteiger partial charge in [-0.1, -0.05) is 20.3 Å². The first-order valence-electron chi connectivity index (χ1n) is 8.34. The maximum Gasteiger partial charge on any atom is 0.322 e. The number of hydrogen-bond donors (Lipinski definition) is 2. The van der Waals surface area contributed by atoms with Crippen LogP contribution in [0.25, 0.3) is 0 Å². The Labute approximate surface area is 134 Å². The van der Waals surface area contributed by atoms with Gasteiger partial charge in [0.1, 0.15) is 6.04 Å². The maximum absolute atomic E-state index is 11.5. The molecule has 0 radical (unpaired) electrons. The second-order valence-electron chi connectivity index (χ2n) is 5.21. The zero-order valence-electron chi connectivity index (χ0n) is 14.5. The van der Waals surface area contributed by atoms with E-state index in [1.165, 1.54) is 0 Å². The van der Waals surface area contributed by atoms with Crippen LogP contribution in [-0.4, -0.2) is 43.7 Å². The lowest BCUT2D eigenvalue weighted by molar-refractivity contribution is -0.145. The lowest BCUT2D eigenvalue weighted by atomic mass is 9.99. The molecule has 1 aliphatic heterocycles. The van der Waals surface area contributed by atoms with Gasteiger partial charge in [-0.05, 0) is 32.6 Å². The van der Waals surface area contributed by atoms with Crippen molar-refractivity contribution in [3.8, 4) is 0 Å².